The van der Waals surface area contributed by atoms with E-state index in [1.165, 1.54) is 7.11 Å². The molecule has 0 rings (SSSR count). The lowest BCUT2D eigenvalue weighted by Gasteiger charge is -2.14. The molecular formula is C11H20N2O6. The molecule has 0 saturated carbocycles. The molecule has 0 aliphatic carbocycles. The fraction of sp³-hybridized carbons (Fsp3) is 0.727. The van der Waals surface area contributed by atoms with E-state index in [0.29, 0.717) is 19.4 Å². The first-order valence-corrected chi connectivity index (χ1v) is 5.99. The van der Waals surface area contributed by atoms with E-state index in [-0.39, 0.29) is 13.0 Å². The molecule has 0 aromatic heterocycles. The number of alkyl carbamates (subject to hydrolysis) is 2. The highest BCUT2D eigenvalue weighted by atomic mass is 16.5. The van der Waals surface area contributed by atoms with Crippen LogP contribution in [0.3, 0.4) is 0 Å². The van der Waals surface area contributed by atoms with Crippen molar-refractivity contribution < 1.29 is 29.0 Å². The molecule has 2 amide bonds. The minimum absolute atomic E-state index is 0.182. The Bertz CT molecular complexity index is 308. The predicted octanol–water partition coefficient (Wildman–Crippen LogP) is 0.712. The highest BCUT2D eigenvalue weighted by molar-refractivity contribution is 5.79. The number of carbonyl (C=O) groups is 3. The fourth-order valence-electron chi connectivity index (χ4n) is 1.31. The van der Waals surface area contributed by atoms with Gasteiger partial charge in [0, 0.05) is 6.54 Å². The van der Waals surface area contributed by atoms with Gasteiger partial charge in [-0.2, -0.15) is 0 Å². The highest BCUT2D eigenvalue weighted by Gasteiger charge is 2.19. The lowest BCUT2D eigenvalue weighted by molar-refractivity contribution is -0.139. The molecule has 0 spiro atoms. The molecule has 0 aliphatic rings. The first-order valence-electron chi connectivity index (χ1n) is 5.99. The summed E-state index contributed by atoms with van der Waals surface area (Å²) in [7, 11) is 1.26. The van der Waals surface area contributed by atoms with Crippen LogP contribution >= 0.6 is 0 Å². The van der Waals surface area contributed by atoms with Crippen LogP contribution in [0.25, 0.3) is 0 Å². The Balaban J connectivity index is 3.86. The number of nitrogens with one attached hydrogen (secondary N) is 2. The van der Waals surface area contributed by atoms with Gasteiger partial charge in [-0.3, -0.25) is 0 Å². The van der Waals surface area contributed by atoms with Crippen LogP contribution in [0, 0.1) is 0 Å². The summed E-state index contributed by atoms with van der Waals surface area (Å²) in [5, 5.41) is 13.6. The average molecular weight is 276 g/mol. The summed E-state index contributed by atoms with van der Waals surface area (Å²) in [4.78, 5) is 32.7. The van der Waals surface area contributed by atoms with Crippen LogP contribution in [0.5, 0.6) is 0 Å². The van der Waals surface area contributed by atoms with Gasteiger partial charge in [-0.05, 0) is 26.2 Å². The van der Waals surface area contributed by atoms with Crippen LogP contribution in [-0.4, -0.2) is 49.6 Å². The van der Waals surface area contributed by atoms with Crippen LogP contribution in [0.15, 0.2) is 0 Å². The van der Waals surface area contributed by atoms with Gasteiger partial charge in [0.05, 0.1) is 13.7 Å². The van der Waals surface area contributed by atoms with E-state index in [9.17, 15) is 14.4 Å². The second-order valence-corrected chi connectivity index (χ2v) is 3.67. The van der Waals surface area contributed by atoms with Gasteiger partial charge in [0.2, 0.25) is 0 Å². The van der Waals surface area contributed by atoms with Crippen LogP contribution in [-0.2, 0) is 14.3 Å². The van der Waals surface area contributed by atoms with Gasteiger partial charge in [-0.15, -0.1) is 0 Å². The number of carboxylic acid groups (broad SMARTS) is 1. The topological polar surface area (TPSA) is 114 Å². The van der Waals surface area contributed by atoms with E-state index in [1.54, 1.807) is 6.92 Å². The minimum Gasteiger partial charge on any atom is -0.480 e. The van der Waals surface area contributed by atoms with Crippen LogP contribution in [0.2, 0.25) is 0 Å². The first kappa shape index (κ1) is 17.0. The lowest BCUT2D eigenvalue weighted by Crippen LogP contribution is -2.41. The first-order chi connectivity index (χ1) is 9.01. The summed E-state index contributed by atoms with van der Waals surface area (Å²) in [6.45, 7) is 2.20. The van der Waals surface area contributed by atoms with Gasteiger partial charge in [0.1, 0.15) is 6.04 Å². The molecule has 1 unspecified atom stereocenters. The monoisotopic (exact) mass is 276 g/mol. The van der Waals surface area contributed by atoms with Gasteiger partial charge in [-0.1, -0.05) is 0 Å². The Morgan fingerprint density at radius 3 is 2.42 bits per heavy atom. The van der Waals surface area contributed by atoms with Crippen LogP contribution in [0.1, 0.15) is 26.2 Å². The van der Waals surface area contributed by atoms with Crippen molar-refractivity contribution in [3.05, 3.63) is 0 Å². The number of hydrogen-bond donors (Lipinski definition) is 3. The summed E-state index contributed by atoms with van der Waals surface area (Å²) >= 11 is 0. The zero-order chi connectivity index (χ0) is 14.7. The van der Waals surface area contributed by atoms with Gasteiger partial charge >= 0.3 is 18.2 Å². The molecule has 8 nitrogen and oxygen atoms in total. The number of hydrogen-bond acceptors (Lipinski definition) is 5. The molecule has 0 bridgehead atoms. The Kier molecular flexibility index (Phi) is 8.94. The lowest BCUT2D eigenvalue weighted by atomic mass is 10.1. The van der Waals surface area contributed by atoms with Crippen molar-refractivity contribution >= 4 is 18.2 Å². The maximum Gasteiger partial charge on any atom is 0.407 e. The van der Waals surface area contributed by atoms with Crippen molar-refractivity contribution in [2.45, 2.75) is 32.2 Å². The molecule has 8 heteroatoms. The fourth-order valence-corrected chi connectivity index (χ4v) is 1.31. The van der Waals surface area contributed by atoms with Gasteiger partial charge in [0.15, 0.2) is 0 Å². The van der Waals surface area contributed by atoms with Crippen molar-refractivity contribution in [3.63, 3.8) is 0 Å². The Hall–Kier alpha value is -1.99. The summed E-state index contributed by atoms with van der Waals surface area (Å²) < 4.78 is 8.99. The molecule has 110 valence electrons. The van der Waals surface area contributed by atoms with Crippen molar-refractivity contribution in [2.24, 2.45) is 0 Å². The molecule has 0 radical (unpaired) electrons. The quantitative estimate of drug-likeness (QED) is 0.563. The number of carboxylic acids is 1. The van der Waals surface area contributed by atoms with Crippen LogP contribution in [0.4, 0.5) is 9.59 Å². The average Bonchev–Trinajstić information content (AvgIpc) is 2.36. The normalized spacial score (nSPS) is 11.3. The number of ether oxygens (including phenoxy) is 2. The summed E-state index contributed by atoms with van der Waals surface area (Å²) in [6, 6.07) is -0.989. The predicted molar refractivity (Wildman–Crippen MR) is 65.8 cm³/mol. The highest BCUT2D eigenvalue weighted by Crippen LogP contribution is 2.01. The molecule has 3 N–H and O–H groups in total. The molecular weight excluding hydrogens is 256 g/mol. The number of rotatable bonds is 8. The molecule has 0 aromatic carbocycles. The third kappa shape index (κ3) is 8.70. The molecule has 0 aliphatic heterocycles. The number of unbranched alkanes of at least 4 members (excludes halogenated alkanes) is 1. The molecule has 0 saturated heterocycles. The van der Waals surface area contributed by atoms with Crippen molar-refractivity contribution in [1.29, 1.82) is 0 Å². The largest absolute Gasteiger partial charge is 0.480 e. The third-order valence-corrected chi connectivity index (χ3v) is 2.24. The number of aliphatic carboxylic acids is 1. The van der Waals surface area contributed by atoms with E-state index in [4.69, 9.17) is 5.11 Å². The number of carbonyl (C=O) groups excluding carboxylic acids is 2. The molecule has 1 atom stereocenters. The summed E-state index contributed by atoms with van der Waals surface area (Å²) in [5.74, 6) is -1.12. The van der Waals surface area contributed by atoms with Crippen LogP contribution < -0.4 is 10.6 Å². The Morgan fingerprint density at radius 2 is 1.89 bits per heavy atom. The molecule has 0 aromatic rings. The minimum atomic E-state index is -1.12. The number of methoxy groups -OCH3 is 1. The summed E-state index contributed by atoms with van der Waals surface area (Å²) in [6.07, 6.45) is 0.107. The molecule has 19 heavy (non-hydrogen) atoms. The van der Waals surface area contributed by atoms with Gasteiger partial charge in [0.25, 0.3) is 0 Å². The maximum atomic E-state index is 11.1. The maximum absolute atomic E-state index is 11.1. The Morgan fingerprint density at radius 1 is 1.21 bits per heavy atom. The van der Waals surface area contributed by atoms with E-state index in [1.807, 2.05) is 0 Å². The molecule has 0 heterocycles. The number of amides is 2. The zero-order valence-electron chi connectivity index (χ0n) is 11.1. The van der Waals surface area contributed by atoms with E-state index < -0.39 is 24.2 Å². The van der Waals surface area contributed by atoms with Crippen molar-refractivity contribution in [1.82, 2.24) is 10.6 Å². The zero-order valence-corrected chi connectivity index (χ0v) is 11.1. The standard InChI is InChI=1S/C11H20N2O6/c1-3-19-11(17)13-8(9(14)15)6-4-5-7-12-10(16)18-2/h8H,3-7H2,1-2H3,(H,12,16)(H,13,17)(H,14,15). The Labute approximate surface area is 111 Å². The second-order valence-electron chi connectivity index (χ2n) is 3.67. The van der Waals surface area contributed by atoms with E-state index >= 15 is 0 Å². The third-order valence-electron chi connectivity index (χ3n) is 2.24. The van der Waals surface area contributed by atoms with Crippen molar-refractivity contribution in [3.8, 4) is 0 Å². The van der Waals surface area contributed by atoms with E-state index in [0.717, 1.165) is 0 Å². The summed E-state index contributed by atoms with van der Waals surface area (Å²) in [5.41, 5.74) is 0. The van der Waals surface area contributed by atoms with Gasteiger partial charge < -0.3 is 25.2 Å². The molecule has 0 fully saturated rings. The second kappa shape index (κ2) is 9.98. The van der Waals surface area contributed by atoms with Crippen molar-refractivity contribution in [2.75, 3.05) is 20.3 Å². The van der Waals surface area contributed by atoms with E-state index in [2.05, 4.69) is 20.1 Å². The van der Waals surface area contributed by atoms with Gasteiger partial charge in [-0.25, -0.2) is 14.4 Å². The SMILES string of the molecule is CCOC(=O)NC(CCCCNC(=O)OC)C(=O)O. The smallest absolute Gasteiger partial charge is 0.407 e.